The topological polar surface area (TPSA) is 33.4 Å². The van der Waals surface area contributed by atoms with Gasteiger partial charge in [-0.15, -0.1) is 0 Å². The lowest BCUT2D eigenvalue weighted by atomic mass is 10.0. The van der Waals surface area contributed by atoms with Crippen molar-refractivity contribution in [3.05, 3.63) is 56.6 Å². The van der Waals surface area contributed by atoms with Crippen molar-refractivity contribution in [2.45, 2.75) is 12.5 Å². The monoisotopic (exact) mass is 362 g/mol. The first-order valence-electron chi connectivity index (χ1n) is 4.93. The summed E-state index contributed by atoms with van der Waals surface area (Å²) in [7, 11) is 0. The van der Waals surface area contributed by atoms with Gasteiger partial charge in [0.05, 0.1) is 12.4 Å². The molecule has 1 atom stereocenters. The van der Waals surface area contributed by atoms with Gasteiger partial charge >= 0.3 is 0 Å². The number of aliphatic hydroxyl groups excluding tert-OH is 1. The second-order valence-electron chi connectivity index (χ2n) is 3.61. The third kappa shape index (κ3) is 2.97. The molecule has 0 aliphatic carbocycles. The summed E-state index contributed by atoms with van der Waals surface area (Å²) < 4.78 is 19.8. The molecule has 1 aromatic heterocycles. The molecule has 1 aromatic carbocycles. The zero-order chi connectivity index (χ0) is 12.4. The summed E-state index contributed by atoms with van der Waals surface area (Å²) >= 11 is 6.46. The Morgan fingerprint density at radius 2 is 2.06 bits per heavy atom. The Hall–Kier alpha value is -0.650. The first-order valence-corrected chi connectivity index (χ1v) is 6.51. The summed E-state index contributed by atoms with van der Waals surface area (Å²) in [6, 6.07) is 6.31. The molecule has 0 saturated heterocycles. The Kier molecular flexibility index (Phi) is 4.01. The van der Waals surface area contributed by atoms with Gasteiger partial charge in [-0.2, -0.15) is 0 Å². The molecule has 1 heterocycles. The van der Waals surface area contributed by atoms with E-state index in [1.807, 2.05) is 0 Å². The van der Waals surface area contributed by atoms with Gasteiger partial charge in [0.15, 0.2) is 4.67 Å². The smallest absolute Gasteiger partial charge is 0.174 e. The van der Waals surface area contributed by atoms with Gasteiger partial charge in [0, 0.05) is 16.5 Å². The predicted molar refractivity (Wildman–Crippen MR) is 69.2 cm³/mol. The predicted octanol–water partition coefficient (Wildman–Crippen LogP) is 4.22. The second kappa shape index (κ2) is 5.33. The molecule has 2 aromatic rings. The van der Waals surface area contributed by atoms with Gasteiger partial charge in [-0.25, -0.2) is 4.39 Å². The Labute approximate surface area is 115 Å². The number of halogens is 3. The first kappa shape index (κ1) is 12.8. The van der Waals surface area contributed by atoms with Crippen molar-refractivity contribution in [2.75, 3.05) is 0 Å². The standard InChI is InChI=1S/C12H9Br2FO2/c13-8-1-2-10(15)7(5-8)6-11(16)9-3-4-17-12(9)14/h1-5,11,16H,6H2. The molecule has 90 valence electrons. The average molecular weight is 364 g/mol. The molecular formula is C12H9Br2FO2. The van der Waals surface area contributed by atoms with Crippen molar-refractivity contribution >= 4 is 31.9 Å². The molecule has 0 spiro atoms. The van der Waals surface area contributed by atoms with E-state index >= 15 is 0 Å². The summed E-state index contributed by atoms with van der Waals surface area (Å²) in [5, 5.41) is 9.99. The van der Waals surface area contributed by atoms with Crippen LogP contribution in [0.25, 0.3) is 0 Å². The minimum absolute atomic E-state index is 0.198. The van der Waals surface area contributed by atoms with E-state index in [2.05, 4.69) is 31.9 Å². The van der Waals surface area contributed by atoms with E-state index in [0.717, 1.165) is 4.47 Å². The van der Waals surface area contributed by atoms with Crippen molar-refractivity contribution in [1.82, 2.24) is 0 Å². The van der Waals surface area contributed by atoms with Gasteiger partial charge in [0.1, 0.15) is 5.82 Å². The van der Waals surface area contributed by atoms with Crippen molar-refractivity contribution in [1.29, 1.82) is 0 Å². The highest BCUT2D eigenvalue weighted by Crippen LogP contribution is 2.28. The summed E-state index contributed by atoms with van der Waals surface area (Å²) in [4.78, 5) is 0. The molecule has 0 aliphatic rings. The van der Waals surface area contributed by atoms with Crippen molar-refractivity contribution < 1.29 is 13.9 Å². The van der Waals surface area contributed by atoms with E-state index in [-0.39, 0.29) is 12.2 Å². The van der Waals surface area contributed by atoms with Crippen molar-refractivity contribution in [2.24, 2.45) is 0 Å². The molecule has 0 aliphatic heterocycles. The zero-order valence-electron chi connectivity index (χ0n) is 8.66. The molecule has 2 rings (SSSR count). The van der Waals surface area contributed by atoms with Crippen molar-refractivity contribution in [3.63, 3.8) is 0 Å². The average Bonchev–Trinajstić information content (AvgIpc) is 2.70. The van der Waals surface area contributed by atoms with E-state index in [4.69, 9.17) is 4.42 Å². The highest BCUT2D eigenvalue weighted by Gasteiger charge is 2.16. The molecule has 0 saturated carbocycles. The van der Waals surface area contributed by atoms with Crippen LogP contribution in [0.3, 0.4) is 0 Å². The molecule has 0 fully saturated rings. The maximum absolute atomic E-state index is 13.5. The van der Waals surface area contributed by atoms with Crippen LogP contribution in [0, 0.1) is 5.82 Å². The highest BCUT2D eigenvalue weighted by molar-refractivity contribution is 9.10. The number of rotatable bonds is 3. The zero-order valence-corrected chi connectivity index (χ0v) is 11.8. The fourth-order valence-corrected chi connectivity index (χ4v) is 2.47. The van der Waals surface area contributed by atoms with E-state index in [1.165, 1.54) is 12.3 Å². The van der Waals surface area contributed by atoms with Crippen molar-refractivity contribution in [3.8, 4) is 0 Å². The molecule has 5 heteroatoms. The molecule has 0 bridgehead atoms. The lowest BCUT2D eigenvalue weighted by Gasteiger charge is -2.10. The lowest BCUT2D eigenvalue weighted by Crippen LogP contribution is -2.03. The molecule has 1 unspecified atom stereocenters. The number of aliphatic hydroxyl groups is 1. The van der Waals surface area contributed by atoms with Crippen LogP contribution in [0.2, 0.25) is 0 Å². The first-order chi connectivity index (χ1) is 8.08. The fourth-order valence-electron chi connectivity index (χ4n) is 1.56. The van der Waals surface area contributed by atoms with Crippen LogP contribution in [-0.4, -0.2) is 5.11 Å². The van der Waals surface area contributed by atoms with E-state index in [9.17, 15) is 9.50 Å². The van der Waals surface area contributed by atoms with Crippen LogP contribution in [0.15, 0.2) is 44.1 Å². The minimum Gasteiger partial charge on any atom is -0.457 e. The Morgan fingerprint density at radius 1 is 1.29 bits per heavy atom. The van der Waals surface area contributed by atoms with Crippen LogP contribution in [0.5, 0.6) is 0 Å². The van der Waals surface area contributed by atoms with Gasteiger partial charge in [0.2, 0.25) is 0 Å². The maximum Gasteiger partial charge on any atom is 0.174 e. The van der Waals surface area contributed by atoms with Crippen LogP contribution in [0.4, 0.5) is 4.39 Å². The van der Waals surface area contributed by atoms with Gasteiger partial charge in [-0.1, -0.05) is 15.9 Å². The van der Waals surface area contributed by atoms with Crippen LogP contribution in [-0.2, 0) is 6.42 Å². The molecule has 1 N–H and O–H groups in total. The van der Waals surface area contributed by atoms with Crippen LogP contribution >= 0.6 is 31.9 Å². The quantitative estimate of drug-likeness (QED) is 0.885. The number of furan rings is 1. The van der Waals surface area contributed by atoms with Gasteiger partial charge in [-0.3, -0.25) is 0 Å². The van der Waals surface area contributed by atoms with Crippen LogP contribution in [0.1, 0.15) is 17.2 Å². The van der Waals surface area contributed by atoms with E-state index < -0.39 is 6.10 Å². The van der Waals surface area contributed by atoms with Crippen LogP contribution < -0.4 is 0 Å². The fraction of sp³-hybridized carbons (Fsp3) is 0.167. The van der Waals surface area contributed by atoms with Gasteiger partial charge in [0.25, 0.3) is 0 Å². The summed E-state index contributed by atoms with van der Waals surface area (Å²) in [5.74, 6) is -0.327. The molecule has 0 radical (unpaired) electrons. The highest BCUT2D eigenvalue weighted by atomic mass is 79.9. The summed E-state index contributed by atoms with van der Waals surface area (Å²) in [6.45, 7) is 0. The SMILES string of the molecule is OC(Cc1cc(Br)ccc1F)c1ccoc1Br. The largest absolute Gasteiger partial charge is 0.457 e. The normalized spacial score (nSPS) is 12.7. The molecular weight excluding hydrogens is 355 g/mol. The van der Waals surface area contributed by atoms with E-state index in [0.29, 0.717) is 15.8 Å². The summed E-state index contributed by atoms with van der Waals surface area (Å²) in [5.41, 5.74) is 1.07. The lowest BCUT2D eigenvalue weighted by molar-refractivity contribution is 0.175. The maximum atomic E-state index is 13.5. The Bertz CT molecular complexity index is 525. The number of hydrogen-bond acceptors (Lipinski definition) is 2. The minimum atomic E-state index is -0.799. The Morgan fingerprint density at radius 3 is 2.71 bits per heavy atom. The van der Waals surface area contributed by atoms with Gasteiger partial charge in [-0.05, 0) is 45.8 Å². The molecule has 2 nitrogen and oxygen atoms in total. The number of hydrogen-bond donors (Lipinski definition) is 1. The third-order valence-electron chi connectivity index (χ3n) is 2.43. The number of benzene rings is 1. The van der Waals surface area contributed by atoms with E-state index in [1.54, 1.807) is 18.2 Å². The van der Waals surface area contributed by atoms with Gasteiger partial charge < -0.3 is 9.52 Å². The summed E-state index contributed by atoms with van der Waals surface area (Å²) in [6.07, 6.45) is 0.871. The molecule has 17 heavy (non-hydrogen) atoms. The second-order valence-corrected chi connectivity index (χ2v) is 5.24. The molecule has 0 amide bonds. The third-order valence-corrected chi connectivity index (χ3v) is 3.56. The Balaban J connectivity index is 2.21.